The summed E-state index contributed by atoms with van der Waals surface area (Å²) in [5, 5.41) is 13.7. The summed E-state index contributed by atoms with van der Waals surface area (Å²) in [5.74, 6) is -1.39. The van der Waals surface area contributed by atoms with Gasteiger partial charge in [-0.1, -0.05) is 0 Å². The fraction of sp³-hybridized carbons (Fsp3) is 0.333. The Bertz CT molecular complexity index is 1050. The number of methoxy groups -OCH3 is 2. The number of nitro benzene ring substituents is 1. The molecule has 0 saturated carbocycles. The average molecular weight is 431 g/mol. The molecular weight excluding hydrogens is 409 g/mol. The standard InChI is InChI=1S/C21H22FN3O6/c1-12-15(22)8-13(9-17(12)25(28)29)20(26)23-16-11-19(31-3)18(30-2)10-14(16)21(27)24-6-4-5-7-24/h8-11H,4-7H2,1-3H3,(H,23,26). The van der Waals surface area contributed by atoms with Gasteiger partial charge in [-0.15, -0.1) is 0 Å². The van der Waals surface area contributed by atoms with E-state index in [4.69, 9.17) is 9.47 Å². The summed E-state index contributed by atoms with van der Waals surface area (Å²) >= 11 is 0. The zero-order valence-corrected chi connectivity index (χ0v) is 17.4. The Labute approximate surface area is 177 Å². The monoisotopic (exact) mass is 431 g/mol. The Hall–Kier alpha value is -3.69. The van der Waals surface area contributed by atoms with Crippen molar-refractivity contribution in [3.05, 3.63) is 56.9 Å². The van der Waals surface area contributed by atoms with Gasteiger partial charge in [0.2, 0.25) is 0 Å². The summed E-state index contributed by atoms with van der Waals surface area (Å²) in [6.07, 6.45) is 1.76. The third-order valence-electron chi connectivity index (χ3n) is 5.17. The van der Waals surface area contributed by atoms with Gasteiger partial charge in [0.05, 0.1) is 36.0 Å². The highest BCUT2D eigenvalue weighted by Gasteiger charge is 2.26. The van der Waals surface area contributed by atoms with Crippen LogP contribution in [0.1, 0.15) is 39.1 Å². The first-order chi connectivity index (χ1) is 14.8. The maximum absolute atomic E-state index is 14.1. The lowest BCUT2D eigenvalue weighted by atomic mass is 10.1. The molecule has 2 aromatic carbocycles. The molecule has 10 heteroatoms. The molecule has 1 saturated heterocycles. The van der Waals surface area contributed by atoms with Crippen LogP contribution in [0, 0.1) is 22.9 Å². The predicted octanol–water partition coefficient (Wildman–Crippen LogP) is 3.55. The topological polar surface area (TPSA) is 111 Å². The molecule has 1 heterocycles. The van der Waals surface area contributed by atoms with Gasteiger partial charge in [0.15, 0.2) is 11.5 Å². The van der Waals surface area contributed by atoms with E-state index in [0.29, 0.717) is 18.8 Å². The average Bonchev–Trinajstić information content (AvgIpc) is 3.29. The molecule has 1 aliphatic rings. The number of likely N-dealkylation sites (tertiary alicyclic amines) is 1. The minimum absolute atomic E-state index is 0.128. The predicted molar refractivity (Wildman–Crippen MR) is 110 cm³/mol. The van der Waals surface area contributed by atoms with Crippen LogP contribution in [0.4, 0.5) is 15.8 Å². The minimum Gasteiger partial charge on any atom is -0.493 e. The maximum Gasteiger partial charge on any atom is 0.276 e. The fourth-order valence-corrected chi connectivity index (χ4v) is 3.43. The molecule has 0 aliphatic carbocycles. The fourth-order valence-electron chi connectivity index (χ4n) is 3.43. The highest BCUT2D eigenvalue weighted by atomic mass is 19.1. The second-order valence-electron chi connectivity index (χ2n) is 7.07. The first-order valence-electron chi connectivity index (χ1n) is 9.58. The van der Waals surface area contributed by atoms with E-state index in [0.717, 1.165) is 25.0 Å². The van der Waals surface area contributed by atoms with Crippen LogP contribution in [-0.2, 0) is 0 Å². The molecule has 0 aromatic heterocycles. The largest absolute Gasteiger partial charge is 0.493 e. The highest BCUT2D eigenvalue weighted by Crippen LogP contribution is 2.35. The number of hydrogen-bond acceptors (Lipinski definition) is 6. The van der Waals surface area contributed by atoms with E-state index in [1.54, 1.807) is 4.90 Å². The van der Waals surface area contributed by atoms with E-state index >= 15 is 0 Å². The number of nitrogens with one attached hydrogen (secondary N) is 1. The van der Waals surface area contributed by atoms with Crippen molar-refractivity contribution in [2.75, 3.05) is 32.6 Å². The van der Waals surface area contributed by atoms with Crippen molar-refractivity contribution < 1.29 is 28.4 Å². The number of anilines is 1. The van der Waals surface area contributed by atoms with Crippen LogP contribution < -0.4 is 14.8 Å². The van der Waals surface area contributed by atoms with Crippen molar-refractivity contribution in [1.29, 1.82) is 0 Å². The SMILES string of the molecule is COc1cc(NC(=O)c2cc(F)c(C)c([N+](=O)[O-])c2)c(C(=O)N2CCCC2)cc1OC. The third-order valence-corrected chi connectivity index (χ3v) is 5.17. The number of nitrogens with zero attached hydrogens (tertiary/aromatic N) is 2. The Morgan fingerprint density at radius 3 is 2.29 bits per heavy atom. The van der Waals surface area contributed by atoms with Crippen molar-refractivity contribution in [1.82, 2.24) is 4.90 Å². The van der Waals surface area contributed by atoms with Crippen LogP contribution in [0.3, 0.4) is 0 Å². The molecule has 9 nitrogen and oxygen atoms in total. The molecule has 1 aliphatic heterocycles. The molecule has 0 atom stereocenters. The molecule has 1 fully saturated rings. The number of amides is 2. The number of nitro groups is 1. The summed E-state index contributed by atoms with van der Waals surface area (Å²) in [6, 6.07) is 4.81. The molecular formula is C21H22FN3O6. The van der Waals surface area contributed by atoms with Gasteiger partial charge in [0.25, 0.3) is 17.5 Å². The maximum atomic E-state index is 14.1. The van der Waals surface area contributed by atoms with Gasteiger partial charge in [-0.3, -0.25) is 19.7 Å². The first-order valence-corrected chi connectivity index (χ1v) is 9.58. The second-order valence-corrected chi connectivity index (χ2v) is 7.07. The molecule has 1 N–H and O–H groups in total. The van der Waals surface area contributed by atoms with Crippen LogP contribution in [0.25, 0.3) is 0 Å². The van der Waals surface area contributed by atoms with E-state index in [2.05, 4.69) is 5.32 Å². The molecule has 2 amide bonds. The first kappa shape index (κ1) is 22.0. The van der Waals surface area contributed by atoms with Crippen LogP contribution in [-0.4, -0.2) is 48.9 Å². The number of ether oxygens (including phenoxy) is 2. The van der Waals surface area contributed by atoms with Crippen molar-refractivity contribution in [3.8, 4) is 11.5 Å². The lowest BCUT2D eigenvalue weighted by molar-refractivity contribution is -0.385. The third kappa shape index (κ3) is 4.42. The number of halogens is 1. The van der Waals surface area contributed by atoms with E-state index in [1.807, 2.05) is 0 Å². The molecule has 31 heavy (non-hydrogen) atoms. The molecule has 0 spiro atoms. The molecule has 164 valence electrons. The number of carbonyl (C=O) groups is 2. The Morgan fingerprint density at radius 2 is 1.71 bits per heavy atom. The number of benzene rings is 2. The Balaban J connectivity index is 2.02. The molecule has 0 unspecified atom stereocenters. The van der Waals surface area contributed by atoms with Crippen molar-refractivity contribution >= 4 is 23.2 Å². The van der Waals surface area contributed by atoms with Gasteiger partial charge >= 0.3 is 0 Å². The summed E-state index contributed by atoms with van der Waals surface area (Å²) in [7, 11) is 2.83. The van der Waals surface area contributed by atoms with Gasteiger partial charge in [-0.25, -0.2) is 4.39 Å². The van der Waals surface area contributed by atoms with Gasteiger partial charge in [0.1, 0.15) is 5.82 Å². The summed E-state index contributed by atoms with van der Waals surface area (Å²) < 4.78 is 24.7. The number of hydrogen-bond donors (Lipinski definition) is 1. The number of rotatable bonds is 6. The summed E-state index contributed by atoms with van der Waals surface area (Å²) in [4.78, 5) is 37.9. The van der Waals surface area contributed by atoms with Crippen LogP contribution in [0.5, 0.6) is 11.5 Å². The van der Waals surface area contributed by atoms with Gasteiger partial charge in [-0.2, -0.15) is 0 Å². The molecule has 0 bridgehead atoms. The van der Waals surface area contributed by atoms with Crippen molar-refractivity contribution in [3.63, 3.8) is 0 Å². The smallest absolute Gasteiger partial charge is 0.276 e. The minimum atomic E-state index is -0.875. The lowest BCUT2D eigenvalue weighted by Gasteiger charge is -2.20. The molecule has 0 radical (unpaired) electrons. The number of carbonyl (C=O) groups excluding carboxylic acids is 2. The van der Waals surface area contributed by atoms with E-state index in [1.165, 1.54) is 33.3 Å². The van der Waals surface area contributed by atoms with Crippen LogP contribution >= 0.6 is 0 Å². The van der Waals surface area contributed by atoms with E-state index < -0.39 is 22.3 Å². The second kappa shape index (κ2) is 8.99. The van der Waals surface area contributed by atoms with Crippen LogP contribution in [0.2, 0.25) is 0 Å². The Kier molecular flexibility index (Phi) is 6.38. The molecule has 3 rings (SSSR count). The summed E-state index contributed by atoms with van der Waals surface area (Å²) in [6.45, 7) is 2.45. The quantitative estimate of drug-likeness (QED) is 0.553. The van der Waals surface area contributed by atoms with Crippen LogP contribution in [0.15, 0.2) is 24.3 Å². The van der Waals surface area contributed by atoms with Crippen molar-refractivity contribution in [2.24, 2.45) is 0 Å². The van der Waals surface area contributed by atoms with Gasteiger partial charge in [0, 0.05) is 30.8 Å². The highest BCUT2D eigenvalue weighted by molar-refractivity contribution is 6.09. The Morgan fingerprint density at radius 1 is 1.10 bits per heavy atom. The van der Waals surface area contributed by atoms with Gasteiger partial charge in [-0.05, 0) is 31.9 Å². The zero-order chi connectivity index (χ0) is 22.7. The lowest BCUT2D eigenvalue weighted by Crippen LogP contribution is -2.29. The van der Waals surface area contributed by atoms with E-state index in [-0.39, 0.29) is 34.0 Å². The summed E-state index contributed by atoms with van der Waals surface area (Å²) in [5.41, 5.74) is -0.620. The van der Waals surface area contributed by atoms with Gasteiger partial charge < -0.3 is 19.7 Å². The normalized spacial score (nSPS) is 13.1. The molecule has 2 aromatic rings. The van der Waals surface area contributed by atoms with E-state index in [9.17, 15) is 24.1 Å². The zero-order valence-electron chi connectivity index (χ0n) is 17.4. The van der Waals surface area contributed by atoms with Crippen molar-refractivity contribution in [2.45, 2.75) is 19.8 Å².